The quantitative estimate of drug-likeness (QED) is 0.444. The van der Waals surface area contributed by atoms with E-state index in [9.17, 15) is 32.3 Å². The number of rotatable bonds is 7. The molecule has 1 fully saturated rings. The van der Waals surface area contributed by atoms with Gasteiger partial charge in [0.1, 0.15) is 12.1 Å². The number of halogens is 4. The Balaban J connectivity index is 2.19. The summed E-state index contributed by atoms with van der Waals surface area (Å²) in [6, 6.07) is 6.64. The first kappa shape index (κ1) is 27.4. The molecular formula is C22H26ClF3N2O6. The van der Waals surface area contributed by atoms with Gasteiger partial charge in [-0.3, -0.25) is 19.3 Å². The topological polar surface area (TPSA) is 102 Å². The smallest absolute Gasteiger partial charge is 0.423 e. The molecule has 0 aliphatic heterocycles. The molecule has 188 valence electrons. The first-order chi connectivity index (χ1) is 15.8. The Kier molecular flexibility index (Phi) is 8.93. The third-order valence-electron chi connectivity index (χ3n) is 5.48. The highest BCUT2D eigenvalue weighted by Gasteiger charge is 2.49. The Morgan fingerprint density at radius 1 is 1.18 bits per heavy atom. The number of ether oxygens (including phenoxy) is 2. The molecular weight excluding hydrogens is 481 g/mol. The van der Waals surface area contributed by atoms with Crippen molar-refractivity contribution in [3.63, 3.8) is 0 Å². The molecule has 34 heavy (non-hydrogen) atoms. The van der Waals surface area contributed by atoms with E-state index in [-0.39, 0.29) is 12.2 Å². The summed E-state index contributed by atoms with van der Waals surface area (Å²) in [6.07, 6.45) is -5.79. The molecule has 1 aliphatic carbocycles. The molecule has 1 unspecified atom stereocenters. The summed E-state index contributed by atoms with van der Waals surface area (Å²) < 4.78 is 47.2. The fourth-order valence-corrected chi connectivity index (χ4v) is 3.98. The van der Waals surface area contributed by atoms with E-state index in [1.54, 1.807) is 38.1 Å². The lowest BCUT2D eigenvalue weighted by Gasteiger charge is -2.43. The van der Waals surface area contributed by atoms with E-state index in [4.69, 9.17) is 21.1 Å². The fraction of sp³-hybridized carbons (Fsp3) is 0.545. The number of likely N-dealkylation sites (N-methyl/N-ethyl adjacent to an activating group) is 1. The van der Waals surface area contributed by atoms with Crippen molar-refractivity contribution >= 4 is 35.4 Å². The molecule has 0 spiro atoms. The molecule has 2 amide bonds. The first-order valence-electron chi connectivity index (χ1n) is 10.6. The van der Waals surface area contributed by atoms with Crippen molar-refractivity contribution in [3.05, 3.63) is 34.9 Å². The van der Waals surface area contributed by atoms with Gasteiger partial charge in [0.15, 0.2) is 5.78 Å². The van der Waals surface area contributed by atoms with Gasteiger partial charge in [-0.1, -0.05) is 43.6 Å². The third-order valence-corrected chi connectivity index (χ3v) is 5.81. The Morgan fingerprint density at radius 3 is 2.38 bits per heavy atom. The molecule has 0 saturated heterocycles. The van der Waals surface area contributed by atoms with E-state index in [2.05, 4.69) is 0 Å². The van der Waals surface area contributed by atoms with Gasteiger partial charge < -0.3 is 14.8 Å². The zero-order valence-electron chi connectivity index (χ0n) is 18.9. The molecule has 0 bridgehead atoms. The van der Waals surface area contributed by atoms with Crippen LogP contribution in [0.3, 0.4) is 0 Å². The summed E-state index contributed by atoms with van der Waals surface area (Å²) in [7, 11) is 1.37. The van der Waals surface area contributed by atoms with Gasteiger partial charge in [0.2, 0.25) is 0 Å². The van der Waals surface area contributed by atoms with Crippen LogP contribution in [0.4, 0.5) is 18.0 Å². The van der Waals surface area contributed by atoms with Crippen molar-refractivity contribution in [2.24, 2.45) is 5.92 Å². The minimum Gasteiger partial charge on any atom is -0.423 e. The van der Waals surface area contributed by atoms with Crippen molar-refractivity contribution in [3.8, 4) is 0 Å². The predicted octanol–water partition coefficient (Wildman–Crippen LogP) is 3.95. The lowest BCUT2D eigenvalue weighted by atomic mass is 9.74. The van der Waals surface area contributed by atoms with Gasteiger partial charge in [0, 0.05) is 30.0 Å². The van der Waals surface area contributed by atoms with E-state index in [0.717, 1.165) is 4.90 Å². The van der Waals surface area contributed by atoms with E-state index in [1.165, 1.54) is 12.4 Å². The Bertz CT molecular complexity index is 939. The third kappa shape index (κ3) is 6.19. The van der Waals surface area contributed by atoms with Crippen LogP contribution in [0.25, 0.3) is 0 Å². The molecule has 12 heteroatoms. The van der Waals surface area contributed by atoms with Crippen LogP contribution in [0.5, 0.6) is 0 Å². The number of carbonyl (C=O) groups excluding carboxylic acids is 4. The normalized spacial score (nSPS) is 19.4. The summed E-state index contributed by atoms with van der Waals surface area (Å²) in [5.41, 5.74) is -0.950. The lowest BCUT2D eigenvalue weighted by Crippen LogP contribution is -2.55. The number of hydrogen-bond acceptors (Lipinski definition) is 6. The average molecular weight is 507 g/mol. The number of hydrogen-bond donors (Lipinski definition) is 1. The molecule has 8 nitrogen and oxygen atoms in total. The minimum atomic E-state index is -5.16. The second-order valence-corrected chi connectivity index (χ2v) is 8.60. The number of carbonyl (C=O) groups is 4. The standard InChI is InChI=1S/C22H26ClF3N2O6/c1-13(2)18(33-17(30)12-27-19(31)22(24,25)26)34-20(32)28(3)21(11-7-6-10-16(21)29)14-8-4-5-9-15(14)23/h4-5,8-9,13,18H,6-7,10-12H2,1-3H3,(H,27,31)/t18?,21-/m0/s1. The monoisotopic (exact) mass is 506 g/mol. The zero-order valence-corrected chi connectivity index (χ0v) is 19.7. The number of esters is 1. The van der Waals surface area contributed by atoms with Gasteiger partial charge >= 0.3 is 24.1 Å². The van der Waals surface area contributed by atoms with Gasteiger partial charge in [-0.15, -0.1) is 0 Å². The molecule has 2 atom stereocenters. The van der Waals surface area contributed by atoms with Crippen LogP contribution in [0.15, 0.2) is 24.3 Å². The molecule has 0 heterocycles. The van der Waals surface area contributed by atoms with Crippen LogP contribution in [-0.4, -0.2) is 54.7 Å². The van der Waals surface area contributed by atoms with Crippen LogP contribution in [-0.2, 0) is 29.4 Å². The molecule has 0 aromatic heterocycles. The molecule has 1 aromatic rings. The summed E-state index contributed by atoms with van der Waals surface area (Å²) in [5.74, 6) is -4.35. The van der Waals surface area contributed by atoms with E-state index < -0.39 is 48.4 Å². The zero-order chi connectivity index (χ0) is 25.7. The fourth-order valence-electron chi connectivity index (χ4n) is 3.68. The van der Waals surface area contributed by atoms with E-state index >= 15 is 0 Å². The van der Waals surface area contributed by atoms with Gasteiger partial charge in [-0.25, -0.2) is 4.79 Å². The SMILES string of the molecule is CC(C)C(OC(=O)CNC(=O)C(F)(F)F)OC(=O)N(C)[C@]1(c2ccccc2Cl)CCCCC1=O. The van der Waals surface area contributed by atoms with Crippen molar-refractivity contribution in [2.45, 2.75) is 57.5 Å². The first-order valence-corrected chi connectivity index (χ1v) is 11.0. The largest absolute Gasteiger partial charge is 0.471 e. The van der Waals surface area contributed by atoms with Crippen LogP contribution < -0.4 is 5.32 Å². The highest BCUT2D eigenvalue weighted by Crippen LogP contribution is 2.42. The predicted molar refractivity (Wildman–Crippen MR) is 115 cm³/mol. The molecule has 1 N–H and O–H groups in total. The number of alkyl halides is 3. The molecule has 1 saturated carbocycles. The minimum absolute atomic E-state index is 0.223. The maximum absolute atomic E-state index is 13.1. The van der Waals surface area contributed by atoms with E-state index in [0.29, 0.717) is 29.8 Å². The van der Waals surface area contributed by atoms with Gasteiger partial charge in [0.05, 0.1) is 0 Å². The van der Waals surface area contributed by atoms with Crippen molar-refractivity contribution in [1.82, 2.24) is 10.2 Å². The van der Waals surface area contributed by atoms with Gasteiger partial charge in [0.25, 0.3) is 6.29 Å². The van der Waals surface area contributed by atoms with Crippen molar-refractivity contribution in [1.29, 1.82) is 0 Å². The molecule has 0 radical (unpaired) electrons. The van der Waals surface area contributed by atoms with Gasteiger partial charge in [-0.05, 0) is 25.3 Å². The number of nitrogens with one attached hydrogen (secondary N) is 1. The van der Waals surface area contributed by atoms with Crippen molar-refractivity contribution < 1.29 is 41.8 Å². The Labute approximate surface area is 199 Å². The summed E-state index contributed by atoms with van der Waals surface area (Å²) >= 11 is 6.36. The molecule has 1 aromatic carbocycles. The average Bonchev–Trinajstić information content (AvgIpc) is 2.76. The lowest BCUT2D eigenvalue weighted by molar-refractivity contribution is -0.181. The maximum Gasteiger partial charge on any atom is 0.471 e. The van der Waals surface area contributed by atoms with Crippen LogP contribution >= 0.6 is 11.6 Å². The summed E-state index contributed by atoms with van der Waals surface area (Å²) in [6.45, 7) is 2.03. The Morgan fingerprint density at radius 2 is 1.82 bits per heavy atom. The highest BCUT2D eigenvalue weighted by molar-refractivity contribution is 6.31. The molecule has 2 rings (SSSR count). The van der Waals surface area contributed by atoms with Gasteiger partial charge in [-0.2, -0.15) is 13.2 Å². The van der Waals surface area contributed by atoms with Crippen LogP contribution in [0.2, 0.25) is 5.02 Å². The van der Waals surface area contributed by atoms with Crippen LogP contribution in [0, 0.1) is 5.92 Å². The number of Topliss-reactive ketones (excluding diaryl/α,β-unsaturated/α-hetero) is 1. The maximum atomic E-state index is 13.1. The Hall–Kier alpha value is -2.82. The molecule has 1 aliphatic rings. The van der Waals surface area contributed by atoms with Crippen molar-refractivity contribution in [2.75, 3.05) is 13.6 Å². The van der Waals surface area contributed by atoms with Crippen LogP contribution in [0.1, 0.15) is 45.1 Å². The van der Waals surface area contributed by atoms with E-state index in [1.807, 2.05) is 0 Å². The number of ketones is 1. The summed E-state index contributed by atoms with van der Waals surface area (Å²) in [4.78, 5) is 50.1. The second kappa shape index (κ2) is 11.1. The highest BCUT2D eigenvalue weighted by atomic mass is 35.5. The second-order valence-electron chi connectivity index (χ2n) is 8.20. The number of nitrogens with zero attached hydrogens (tertiary/aromatic N) is 1. The summed E-state index contributed by atoms with van der Waals surface area (Å²) in [5, 5.41) is 1.68. The number of benzene rings is 1. The number of amides is 2.